The number of benzene rings is 2. The molecule has 0 radical (unpaired) electrons. The quantitative estimate of drug-likeness (QED) is 0.491. The number of amides is 1. The van der Waals surface area contributed by atoms with E-state index in [1.165, 1.54) is 34.9 Å². The van der Waals surface area contributed by atoms with Crippen molar-refractivity contribution in [2.24, 2.45) is 11.8 Å². The van der Waals surface area contributed by atoms with Crippen molar-refractivity contribution >= 4 is 39.4 Å². The van der Waals surface area contributed by atoms with Crippen LogP contribution in [0.25, 0.3) is 16.2 Å². The van der Waals surface area contributed by atoms with Crippen LogP contribution in [0.15, 0.2) is 54.6 Å². The first-order valence-electron chi connectivity index (χ1n) is 12.5. The minimum Gasteiger partial charge on any atom is -0.353 e. The van der Waals surface area contributed by atoms with Gasteiger partial charge in [-0.25, -0.2) is 0 Å². The van der Waals surface area contributed by atoms with Crippen LogP contribution in [0.3, 0.4) is 0 Å². The van der Waals surface area contributed by atoms with Gasteiger partial charge in [0.15, 0.2) is 0 Å². The van der Waals surface area contributed by atoms with E-state index >= 15 is 0 Å². The molecule has 5 nitrogen and oxygen atoms in total. The Bertz CT molecular complexity index is 1150. The van der Waals surface area contributed by atoms with Crippen LogP contribution in [0.5, 0.6) is 0 Å². The Balaban J connectivity index is 1.09. The Labute approximate surface area is 206 Å². The lowest BCUT2D eigenvalue weighted by Gasteiger charge is -2.37. The molecule has 6 heteroatoms. The average Bonchev–Trinajstić information content (AvgIpc) is 3.49. The zero-order valence-electron chi connectivity index (χ0n) is 20.0. The molecule has 3 aromatic rings. The number of carbonyl (C=O) groups excluding carboxylic acids is 1. The number of hydrogen-bond acceptors (Lipinski definition) is 5. The molecule has 2 aliphatic rings. The number of hydrogen-bond donors (Lipinski definition) is 1. The van der Waals surface area contributed by atoms with Gasteiger partial charge in [0.2, 0.25) is 5.91 Å². The van der Waals surface area contributed by atoms with E-state index in [0.29, 0.717) is 11.8 Å². The minimum absolute atomic E-state index is 0.0120. The number of anilines is 1. The molecule has 2 fully saturated rings. The fourth-order valence-electron chi connectivity index (χ4n) is 5.43. The zero-order valence-corrected chi connectivity index (χ0v) is 20.8. The first-order chi connectivity index (χ1) is 16.7. The number of fused-ring (bicyclic) bond motifs is 1. The van der Waals surface area contributed by atoms with Gasteiger partial charge in [-0.1, -0.05) is 42.8 Å². The van der Waals surface area contributed by atoms with Crippen molar-refractivity contribution in [3.63, 3.8) is 0 Å². The summed E-state index contributed by atoms with van der Waals surface area (Å²) in [6.07, 6.45) is 7.36. The molecule has 1 aromatic heterocycles. The molecule has 2 atom stereocenters. The number of nitrogens with zero attached hydrogens (tertiary/aromatic N) is 3. The summed E-state index contributed by atoms with van der Waals surface area (Å²) in [5.41, 5.74) is 2.28. The fraction of sp³-hybridized carbons (Fsp3) is 0.429. The van der Waals surface area contributed by atoms with Gasteiger partial charge < -0.3 is 10.2 Å². The topological polar surface area (TPSA) is 48.5 Å². The highest BCUT2D eigenvalue weighted by atomic mass is 32.1. The molecule has 1 aliphatic carbocycles. The van der Waals surface area contributed by atoms with E-state index in [1.54, 1.807) is 17.6 Å². The van der Waals surface area contributed by atoms with E-state index in [2.05, 4.69) is 52.4 Å². The molecular formula is C28H34N4OS. The maximum atomic E-state index is 12.4. The third-order valence-electron chi connectivity index (χ3n) is 7.48. The SMILES string of the molecule is Cc1ccccc1/C=C/C(=O)NC[C@H]1CCC[C@@H]1CN1CCN(c2nsc3ccccc23)CC1. The fourth-order valence-corrected chi connectivity index (χ4v) is 6.22. The normalized spacial score (nSPS) is 21.5. The van der Waals surface area contributed by atoms with Crippen molar-refractivity contribution in [2.75, 3.05) is 44.2 Å². The van der Waals surface area contributed by atoms with E-state index in [1.807, 2.05) is 24.3 Å². The van der Waals surface area contributed by atoms with Gasteiger partial charge in [-0.15, -0.1) is 0 Å². The highest BCUT2D eigenvalue weighted by Gasteiger charge is 2.30. The molecule has 0 bridgehead atoms. The molecule has 1 saturated carbocycles. The first-order valence-corrected chi connectivity index (χ1v) is 13.3. The van der Waals surface area contributed by atoms with Gasteiger partial charge >= 0.3 is 0 Å². The molecule has 0 unspecified atom stereocenters. The van der Waals surface area contributed by atoms with Gasteiger partial charge in [0.1, 0.15) is 5.82 Å². The summed E-state index contributed by atoms with van der Waals surface area (Å²) in [4.78, 5) is 17.5. The number of aryl methyl sites for hydroxylation is 1. The van der Waals surface area contributed by atoms with E-state index in [-0.39, 0.29) is 5.91 Å². The molecule has 34 heavy (non-hydrogen) atoms. The number of aromatic nitrogens is 1. The predicted octanol–water partition coefficient (Wildman–Crippen LogP) is 4.97. The maximum Gasteiger partial charge on any atom is 0.244 e. The Morgan fingerprint density at radius 2 is 1.82 bits per heavy atom. The summed E-state index contributed by atoms with van der Waals surface area (Å²) in [6, 6.07) is 16.7. The summed E-state index contributed by atoms with van der Waals surface area (Å²) in [5, 5.41) is 4.45. The van der Waals surface area contributed by atoms with Crippen LogP contribution in [-0.2, 0) is 4.79 Å². The van der Waals surface area contributed by atoms with Crippen molar-refractivity contribution in [1.82, 2.24) is 14.6 Å². The van der Waals surface area contributed by atoms with Gasteiger partial charge in [-0.3, -0.25) is 9.69 Å². The maximum absolute atomic E-state index is 12.4. The number of rotatable bonds is 7. The molecule has 2 aromatic carbocycles. The van der Waals surface area contributed by atoms with E-state index < -0.39 is 0 Å². The van der Waals surface area contributed by atoms with Crippen molar-refractivity contribution in [3.8, 4) is 0 Å². The second kappa shape index (κ2) is 10.7. The van der Waals surface area contributed by atoms with E-state index in [4.69, 9.17) is 4.37 Å². The number of nitrogens with one attached hydrogen (secondary N) is 1. The molecule has 1 aliphatic heterocycles. The van der Waals surface area contributed by atoms with Crippen molar-refractivity contribution in [1.29, 1.82) is 0 Å². The van der Waals surface area contributed by atoms with Crippen LogP contribution in [-0.4, -0.2) is 54.4 Å². The average molecular weight is 475 g/mol. The Kier molecular flexibility index (Phi) is 7.26. The number of piperazine rings is 1. The summed E-state index contributed by atoms with van der Waals surface area (Å²) in [7, 11) is 0. The predicted molar refractivity (Wildman–Crippen MR) is 142 cm³/mol. The minimum atomic E-state index is 0.0120. The van der Waals surface area contributed by atoms with E-state index in [9.17, 15) is 4.79 Å². The van der Waals surface area contributed by atoms with Crippen LogP contribution in [0.1, 0.15) is 30.4 Å². The molecule has 1 N–H and O–H groups in total. The highest BCUT2D eigenvalue weighted by Crippen LogP contribution is 2.33. The van der Waals surface area contributed by atoms with Crippen molar-refractivity contribution in [2.45, 2.75) is 26.2 Å². The van der Waals surface area contributed by atoms with Gasteiger partial charge in [-0.2, -0.15) is 4.37 Å². The Morgan fingerprint density at radius 1 is 1.06 bits per heavy atom. The lowest BCUT2D eigenvalue weighted by atomic mass is 9.95. The third-order valence-corrected chi connectivity index (χ3v) is 8.30. The van der Waals surface area contributed by atoms with Gasteiger partial charge in [0.25, 0.3) is 0 Å². The van der Waals surface area contributed by atoms with Crippen LogP contribution in [0, 0.1) is 18.8 Å². The van der Waals surface area contributed by atoms with E-state index in [0.717, 1.165) is 50.6 Å². The van der Waals surface area contributed by atoms with Gasteiger partial charge in [0.05, 0.1) is 4.70 Å². The molecule has 0 spiro atoms. The Morgan fingerprint density at radius 3 is 2.68 bits per heavy atom. The highest BCUT2D eigenvalue weighted by molar-refractivity contribution is 7.13. The molecule has 1 amide bonds. The standard InChI is InChI=1S/C28H34N4OS/c1-21-7-2-3-8-22(21)13-14-27(33)29-19-23-9-6-10-24(23)20-31-15-17-32(18-16-31)28-25-11-4-5-12-26(25)34-30-28/h2-5,7-8,11-14,23-24H,6,9-10,15-20H2,1H3,(H,29,33)/b14-13+/t23-,24-/m1/s1. The third kappa shape index (κ3) is 5.34. The molecule has 5 rings (SSSR count). The first kappa shape index (κ1) is 23.1. The molecule has 1 saturated heterocycles. The largest absolute Gasteiger partial charge is 0.353 e. The molecule has 2 heterocycles. The van der Waals surface area contributed by atoms with Crippen molar-refractivity contribution < 1.29 is 4.79 Å². The number of carbonyl (C=O) groups is 1. The second-order valence-electron chi connectivity index (χ2n) is 9.68. The van der Waals surface area contributed by atoms with Crippen molar-refractivity contribution in [3.05, 3.63) is 65.7 Å². The van der Waals surface area contributed by atoms with Crippen LogP contribution in [0.4, 0.5) is 5.82 Å². The summed E-state index contributed by atoms with van der Waals surface area (Å²) >= 11 is 1.60. The summed E-state index contributed by atoms with van der Waals surface area (Å²) in [6.45, 7) is 8.23. The van der Waals surface area contributed by atoms with Crippen LogP contribution >= 0.6 is 11.5 Å². The van der Waals surface area contributed by atoms with Crippen LogP contribution in [0.2, 0.25) is 0 Å². The Hall–Kier alpha value is -2.70. The van der Waals surface area contributed by atoms with Gasteiger partial charge in [0, 0.05) is 50.7 Å². The summed E-state index contributed by atoms with van der Waals surface area (Å²) in [5.74, 6) is 2.42. The smallest absolute Gasteiger partial charge is 0.244 e. The monoisotopic (exact) mass is 474 g/mol. The van der Waals surface area contributed by atoms with Crippen LogP contribution < -0.4 is 10.2 Å². The molecular weight excluding hydrogens is 440 g/mol. The van der Waals surface area contributed by atoms with Gasteiger partial charge in [-0.05, 0) is 72.5 Å². The zero-order chi connectivity index (χ0) is 23.3. The molecule has 178 valence electrons. The summed E-state index contributed by atoms with van der Waals surface area (Å²) < 4.78 is 6.01. The lowest BCUT2D eigenvalue weighted by Crippen LogP contribution is -2.48. The second-order valence-corrected chi connectivity index (χ2v) is 10.5. The lowest BCUT2D eigenvalue weighted by molar-refractivity contribution is -0.116.